The van der Waals surface area contributed by atoms with E-state index in [2.05, 4.69) is 5.32 Å². The highest BCUT2D eigenvalue weighted by molar-refractivity contribution is 7.16. The summed E-state index contributed by atoms with van der Waals surface area (Å²) in [4.78, 5) is 29.8. The molecule has 4 aromatic rings. The monoisotopic (exact) mass is 420 g/mol. The quantitative estimate of drug-likeness (QED) is 0.460. The van der Waals surface area contributed by atoms with E-state index in [0.717, 1.165) is 10.2 Å². The summed E-state index contributed by atoms with van der Waals surface area (Å²) in [6, 6.07) is 15.5. The maximum atomic E-state index is 13.8. The first kappa shape index (κ1) is 19.7. The first-order chi connectivity index (χ1) is 14.4. The lowest BCUT2D eigenvalue weighted by molar-refractivity contribution is 0.0690. The number of nitrogens with zero attached hydrogens (tertiary/aromatic N) is 1. The summed E-state index contributed by atoms with van der Waals surface area (Å²) in [6.07, 6.45) is 0. The number of carbonyl (C=O) groups is 2. The van der Waals surface area contributed by atoms with E-state index < -0.39 is 17.9 Å². The number of aromatic carboxylic acids is 1. The molecule has 0 saturated carbocycles. The zero-order valence-electron chi connectivity index (χ0n) is 15.9. The van der Waals surface area contributed by atoms with Gasteiger partial charge in [0.05, 0.1) is 22.9 Å². The fourth-order valence-corrected chi connectivity index (χ4v) is 4.08. The summed E-state index contributed by atoms with van der Waals surface area (Å²) in [7, 11) is 0. The Morgan fingerprint density at radius 2 is 1.83 bits per heavy atom. The molecule has 0 radical (unpaired) electrons. The standard InChI is InChI=1S/C23H17FN2O3S/c1-13(25-21(27)17-7-2-3-8-18(17)23(28)29)19-12-15-9-10-30-22(15)26-20(19)14-5-4-6-16(24)11-14/h2-13H,1H3,(H,25,27)(H,28,29)/t13-/m0/s1. The van der Waals surface area contributed by atoms with Crippen molar-refractivity contribution in [2.75, 3.05) is 0 Å². The minimum Gasteiger partial charge on any atom is -0.478 e. The molecule has 150 valence electrons. The molecule has 2 heterocycles. The lowest BCUT2D eigenvalue weighted by atomic mass is 9.99. The Morgan fingerprint density at radius 3 is 2.57 bits per heavy atom. The van der Waals surface area contributed by atoms with Crippen LogP contribution in [0.15, 0.2) is 66.0 Å². The van der Waals surface area contributed by atoms with Crippen LogP contribution in [0.25, 0.3) is 21.5 Å². The van der Waals surface area contributed by atoms with Gasteiger partial charge in [0.15, 0.2) is 0 Å². The second kappa shape index (κ2) is 8.04. The molecule has 0 aliphatic carbocycles. The number of carboxylic acids is 1. The third-order valence-electron chi connectivity index (χ3n) is 4.79. The zero-order valence-corrected chi connectivity index (χ0v) is 16.7. The minimum absolute atomic E-state index is 0.0704. The van der Waals surface area contributed by atoms with Crippen LogP contribution in [0.1, 0.15) is 39.2 Å². The predicted molar refractivity (Wildman–Crippen MR) is 114 cm³/mol. The maximum absolute atomic E-state index is 13.8. The highest BCUT2D eigenvalue weighted by atomic mass is 32.1. The van der Waals surface area contributed by atoms with Crippen LogP contribution in [-0.2, 0) is 0 Å². The van der Waals surface area contributed by atoms with Gasteiger partial charge < -0.3 is 10.4 Å². The van der Waals surface area contributed by atoms with Crippen molar-refractivity contribution in [2.24, 2.45) is 0 Å². The number of halogens is 1. The number of carbonyl (C=O) groups excluding carboxylic acids is 1. The Kier molecular flexibility index (Phi) is 5.29. The Morgan fingerprint density at radius 1 is 1.07 bits per heavy atom. The zero-order chi connectivity index (χ0) is 21.3. The Bertz CT molecular complexity index is 1270. The van der Waals surface area contributed by atoms with Crippen molar-refractivity contribution in [3.8, 4) is 11.3 Å². The number of rotatable bonds is 5. The van der Waals surface area contributed by atoms with E-state index in [1.165, 1.54) is 35.6 Å². The number of aromatic nitrogens is 1. The van der Waals surface area contributed by atoms with Gasteiger partial charge >= 0.3 is 5.97 Å². The molecule has 1 atom stereocenters. The second-order valence-corrected chi connectivity index (χ2v) is 7.69. The van der Waals surface area contributed by atoms with Gasteiger partial charge in [-0.1, -0.05) is 24.3 Å². The molecule has 2 aromatic carbocycles. The van der Waals surface area contributed by atoms with E-state index in [1.807, 2.05) is 17.5 Å². The molecule has 0 saturated heterocycles. The molecule has 1 amide bonds. The van der Waals surface area contributed by atoms with E-state index in [1.54, 1.807) is 31.2 Å². The first-order valence-electron chi connectivity index (χ1n) is 9.21. The Balaban J connectivity index is 1.74. The minimum atomic E-state index is -1.17. The lowest BCUT2D eigenvalue weighted by Crippen LogP contribution is -2.28. The van der Waals surface area contributed by atoms with Gasteiger partial charge in [-0.3, -0.25) is 4.79 Å². The van der Waals surface area contributed by atoms with Crippen LogP contribution in [0, 0.1) is 5.82 Å². The number of pyridine rings is 1. The van der Waals surface area contributed by atoms with Crippen LogP contribution in [0.5, 0.6) is 0 Å². The Hall–Kier alpha value is -3.58. The SMILES string of the molecule is C[C@H](NC(=O)c1ccccc1C(=O)O)c1cc2ccsc2nc1-c1cccc(F)c1. The van der Waals surface area contributed by atoms with Crippen LogP contribution in [0.2, 0.25) is 0 Å². The van der Waals surface area contributed by atoms with Crippen molar-refractivity contribution in [3.63, 3.8) is 0 Å². The van der Waals surface area contributed by atoms with Crippen LogP contribution in [0.3, 0.4) is 0 Å². The highest BCUT2D eigenvalue weighted by Crippen LogP contribution is 2.32. The largest absolute Gasteiger partial charge is 0.478 e. The summed E-state index contributed by atoms with van der Waals surface area (Å²) in [5.41, 5.74) is 1.90. The number of hydrogen-bond acceptors (Lipinski definition) is 4. The molecule has 0 fully saturated rings. The molecular formula is C23H17FN2O3S. The van der Waals surface area contributed by atoms with Gasteiger partial charge in [-0.25, -0.2) is 14.2 Å². The third kappa shape index (κ3) is 3.79. The highest BCUT2D eigenvalue weighted by Gasteiger charge is 2.21. The first-order valence-corrected chi connectivity index (χ1v) is 10.1. The summed E-state index contributed by atoms with van der Waals surface area (Å²) >= 11 is 1.48. The number of hydrogen-bond donors (Lipinski definition) is 2. The molecule has 0 aliphatic heterocycles. The molecule has 2 N–H and O–H groups in total. The van der Waals surface area contributed by atoms with Gasteiger partial charge in [0.25, 0.3) is 5.91 Å². The van der Waals surface area contributed by atoms with Gasteiger partial charge in [0.1, 0.15) is 10.6 Å². The van der Waals surface area contributed by atoms with Crippen LogP contribution >= 0.6 is 11.3 Å². The molecule has 30 heavy (non-hydrogen) atoms. The fraction of sp³-hybridized carbons (Fsp3) is 0.0870. The molecule has 0 unspecified atom stereocenters. The van der Waals surface area contributed by atoms with Crippen molar-refractivity contribution in [2.45, 2.75) is 13.0 Å². The van der Waals surface area contributed by atoms with Crippen LogP contribution in [0.4, 0.5) is 4.39 Å². The summed E-state index contributed by atoms with van der Waals surface area (Å²) < 4.78 is 13.8. The molecule has 0 bridgehead atoms. The van der Waals surface area contributed by atoms with Gasteiger partial charge in [0, 0.05) is 16.5 Å². The molecule has 5 nitrogen and oxygen atoms in total. The van der Waals surface area contributed by atoms with Gasteiger partial charge in [-0.05, 0) is 48.7 Å². The van der Waals surface area contributed by atoms with Crippen LogP contribution in [-0.4, -0.2) is 22.0 Å². The maximum Gasteiger partial charge on any atom is 0.336 e. The average Bonchev–Trinajstić information content (AvgIpc) is 3.20. The van der Waals surface area contributed by atoms with Gasteiger partial charge in [-0.15, -0.1) is 11.3 Å². The topological polar surface area (TPSA) is 79.3 Å². The fourth-order valence-electron chi connectivity index (χ4n) is 3.33. The number of thiophene rings is 1. The summed E-state index contributed by atoms with van der Waals surface area (Å²) in [6.45, 7) is 1.79. The molecule has 0 aliphatic rings. The van der Waals surface area contributed by atoms with Gasteiger partial charge in [-0.2, -0.15) is 0 Å². The second-order valence-electron chi connectivity index (χ2n) is 6.80. The van der Waals surface area contributed by atoms with Crippen molar-refractivity contribution in [1.29, 1.82) is 0 Å². The lowest BCUT2D eigenvalue weighted by Gasteiger charge is -2.19. The number of amides is 1. The van der Waals surface area contributed by atoms with E-state index in [-0.39, 0.29) is 16.9 Å². The number of carboxylic acid groups (broad SMARTS) is 1. The van der Waals surface area contributed by atoms with Crippen molar-refractivity contribution in [3.05, 3.63) is 88.6 Å². The molecule has 7 heteroatoms. The van der Waals surface area contributed by atoms with E-state index in [4.69, 9.17) is 4.98 Å². The molecular weight excluding hydrogens is 403 g/mol. The number of fused-ring (bicyclic) bond motifs is 1. The number of nitrogens with one attached hydrogen (secondary N) is 1. The third-order valence-corrected chi connectivity index (χ3v) is 5.61. The van der Waals surface area contributed by atoms with Crippen molar-refractivity contribution < 1.29 is 19.1 Å². The smallest absolute Gasteiger partial charge is 0.336 e. The molecule has 2 aromatic heterocycles. The number of benzene rings is 2. The summed E-state index contributed by atoms with van der Waals surface area (Å²) in [5.74, 6) is -2.05. The van der Waals surface area contributed by atoms with E-state index >= 15 is 0 Å². The average molecular weight is 420 g/mol. The van der Waals surface area contributed by atoms with Gasteiger partial charge in [0.2, 0.25) is 0 Å². The van der Waals surface area contributed by atoms with E-state index in [0.29, 0.717) is 16.8 Å². The summed E-state index contributed by atoms with van der Waals surface area (Å²) in [5, 5.41) is 15.1. The Labute approximate surface area is 175 Å². The molecule has 4 rings (SSSR count). The van der Waals surface area contributed by atoms with E-state index in [9.17, 15) is 19.1 Å². The predicted octanol–water partition coefficient (Wildman–Crippen LogP) is 5.29. The normalized spacial score (nSPS) is 11.9. The van der Waals surface area contributed by atoms with Crippen molar-refractivity contribution in [1.82, 2.24) is 10.3 Å². The van der Waals surface area contributed by atoms with Crippen molar-refractivity contribution >= 4 is 33.4 Å². The molecule has 0 spiro atoms. The van der Waals surface area contributed by atoms with Crippen LogP contribution < -0.4 is 5.32 Å².